The molecule has 5 heteroatoms. The summed E-state index contributed by atoms with van der Waals surface area (Å²) in [5.74, 6) is 0. The molecule has 14 heavy (non-hydrogen) atoms. The van der Waals surface area contributed by atoms with Crippen LogP contribution in [0.15, 0.2) is 5.51 Å². The van der Waals surface area contributed by atoms with Gasteiger partial charge in [0.05, 0.1) is 11.2 Å². The lowest BCUT2D eigenvalue weighted by molar-refractivity contribution is 0.147. The molecule has 1 aromatic heterocycles. The van der Waals surface area contributed by atoms with Crippen LogP contribution >= 0.6 is 11.3 Å². The van der Waals surface area contributed by atoms with E-state index in [1.807, 2.05) is 5.51 Å². The molecule has 0 spiro atoms. The Morgan fingerprint density at radius 3 is 2.71 bits per heavy atom. The van der Waals surface area contributed by atoms with Gasteiger partial charge >= 0.3 is 0 Å². The third-order valence-corrected chi connectivity index (χ3v) is 3.34. The van der Waals surface area contributed by atoms with Gasteiger partial charge < -0.3 is 10.6 Å². The zero-order valence-corrected chi connectivity index (χ0v) is 9.26. The average molecular weight is 212 g/mol. The largest absolute Gasteiger partial charge is 0.389 e. The van der Waals surface area contributed by atoms with Gasteiger partial charge in [0.25, 0.3) is 0 Å². The van der Waals surface area contributed by atoms with Gasteiger partial charge in [-0.3, -0.25) is 4.90 Å². The molecule has 1 aliphatic heterocycles. The van der Waals surface area contributed by atoms with Gasteiger partial charge in [-0.15, -0.1) is 11.3 Å². The summed E-state index contributed by atoms with van der Waals surface area (Å²) in [5, 5.41) is 0.865. The Morgan fingerprint density at radius 2 is 2.14 bits per heavy atom. The maximum atomic E-state index is 5.80. The van der Waals surface area contributed by atoms with Gasteiger partial charge in [0.15, 0.2) is 0 Å². The molecule has 1 aliphatic rings. The van der Waals surface area contributed by atoms with E-state index in [-0.39, 0.29) is 0 Å². The third kappa shape index (κ3) is 2.23. The maximum absolute atomic E-state index is 5.80. The SMILES string of the molecule is CN1CCN(Cc2ncsc2N)CC1. The molecule has 0 saturated carbocycles. The zero-order valence-electron chi connectivity index (χ0n) is 8.44. The first-order chi connectivity index (χ1) is 6.75. The van der Waals surface area contributed by atoms with E-state index in [2.05, 4.69) is 21.8 Å². The van der Waals surface area contributed by atoms with Crippen LogP contribution < -0.4 is 5.73 Å². The Labute approximate surface area is 88.3 Å². The van der Waals surface area contributed by atoms with Crippen molar-refractivity contribution in [2.45, 2.75) is 6.54 Å². The van der Waals surface area contributed by atoms with Crippen molar-refractivity contribution in [1.29, 1.82) is 0 Å². The maximum Gasteiger partial charge on any atom is 0.110 e. The Balaban J connectivity index is 1.89. The van der Waals surface area contributed by atoms with Crippen LogP contribution in [0.2, 0.25) is 0 Å². The van der Waals surface area contributed by atoms with Gasteiger partial charge in [0, 0.05) is 32.7 Å². The number of likely N-dealkylation sites (N-methyl/N-ethyl adjacent to an activating group) is 1. The van der Waals surface area contributed by atoms with E-state index in [4.69, 9.17) is 5.73 Å². The Bertz CT molecular complexity index is 291. The summed E-state index contributed by atoms with van der Waals surface area (Å²) in [6, 6.07) is 0. The first-order valence-corrected chi connectivity index (χ1v) is 5.72. The molecule has 1 aromatic rings. The number of nitrogens with two attached hydrogens (primary N) is 1. The minimum atomic E-state index is 0.865. The van der Waals surface area contributed by atoms with Gasteiger partial charge in [-0.05, 0) is 7.05 Å². The molecule has 2 N–H and O–H groups in total. The molecular formula is C9H16N4S. The van der Waals surface area contributed by atoms with Crippen molar-refractivity contribution >= 4 is 16.3 Å². The van der Waals surface area contributed by atoms with E-state index in [9.17, 15) is 0 Å². The normalized spacial score (nSPS) is 20.1. The number of hydrogen-bond donors (Lipinski definition) is 1. The summed E-state index contributed by atoms with van der Waals surface area (Å²) >= 11 is 1.52. The first-order valence-electron chi connectivity index (χ1n) is 4.84. The van der Waals surface area contributed by atoms with E-state index in [0.717, 1.165) is 43.4 Å². The molecule has 0 aromatic carbocycles. The molecule has 0 amide bonds. The van der Waals surface area contributed by atoms with Gasteiger partial charge in [-0.2, -0.15) is 0 Å². The number of nitrogens with zero attached hydrogens (tertiary/aromatic N) is 3. The van der Waals surface area contributed by atoms with Crippen LogP contribution in [-0.2, 0) is 6.54 Å². The van der Waals surface area contributed by atoms with Crippen molar-refractivity contribution in [1.82, 2.24) is 14.8 Å². The van der Waals surface area contributed by atoms with Crippen molar-refractivity contribution in [3.63, 3.8) is 0 Å². The molecule has 1 fully saturated rings. The summed E-state index contributed by atoms with van der Waals surface area (Å²) in [4.78, 5) is 9.02. The highest BCUT2D eigenvalue weighted by Crippen LogP contribution is 2.17. The number of nitrogen functional groups attached to an aromatic ring is 1. The van der Waals surface area contributed by atoms with Gasteiger partial charge in [0.2, 0.25) is 0 Å². The second-order valence-corrected chi connectivity index (χ2v) is 4.63. The summed E-state index contributed by atoms with van der Waals surface area (Å²) < 4.78 is 0. The number of anilines is 1. The van der Waals surface area contributed by atoms with E-state index in [0.29, 0.717) is 0 Å². The number of piperazine rings is 1. The number of hydrogen-bond acceptors (Lipinski definition) is 5. The topological polar surface area (TPSA) is 45.4 Å². The van der Waals surface area contributed by atoms with Crippen molar-refractivity contribution in [3.8, 4) is 0 Å². The minimum absolute atomic E-state index is 0.865. The minimum Gasteiger partial charge on any atom is -0.389 e. The second kappa shape index (κ2) is 4.25. The predicted octanol–water partition coefficient (Wildman–Crippen LogP) is 0.473. The Kier molecular flexibility index (Phi) is 3.00. The van der Waals surface area contributed by atoms with Crippen LogP contribution in [0.25, 0.3) is 0 Å². The third-order valence-electron chi connectivity index (χ3n) is 2.64. The van der Waals surface area contributed by atoms with Crippen molar-refractivity contribution in [3.05, 3.63) is 11.2 Å². The lowest BCUT2D eigenvalue weighted by Crippen LogP contribution is -2.44. The van der Waals surface area contributed by atoms with Crippen LogP contribution in [0.4, 0.5) is 5.00 Å². The van der Waals surface area contributed by atoms with Crippen LogP contribution in [0, 0.1) is 0 Å². The summed E-state index contributed by atoms with van der Waals surface area (Å²) in [5.41, 5.74) is 8.67. The first kappa shape index (κ1) is 9.89. The van der Waals surface area contributed by atoms with Gasteiger partial charge in [-0.1, -0.05) is 0 Å². The van der Waals surface area contributed by atoms with Crippen LogP contribution in [0.1, 0.15) is 5.69 Å². The Hall–Kier alpha value is -0.650. The van der Waals surface area contributed by atoms with Crippen molar-refractivity contribution < 1.29 is 0 Å². The lowest BCUT2D eigenvalue weighted by atomic mass is 10.3. The van der Waals surface area contributed by atoms with Crippen LogP contribution in [0.5, 0.6) is 0 Å². The molecule has 2 heterocycles. The number of thiazole rings is 1. The summed E-state index contributed by atoms with van der Waals surface area (Å²) in [6.07, 6.45) is 0. The highest BCUT2D eigenvalue weighted by atomic mass is 32.1. The van der Waals surface area contributed by atoms with E-state index in [1.165, 1.54) is 11.3 Å². The fourth-order valence-corrected chi connectivity index (χ4v) is 2.16. The molecule has 0 radical (unpaired) electrons. The Morgan fingerprint density at radius 1 is 1.43 bits per heavy atom. The fourth-order valence-electron chi connectivity index (χ4n) is 1.61. The highest BCUT2D eigenvalue weighted by molar-refractivity contribution is 7.13. The van der Waals surface area contributed by atoms with Crippen LogP contribution in [0.3, 0.4) is 0 Å². The summed E-state index contributed by atoms with van der Waals surface area (Å²) in [6.45, 7) is 5.43. The van der Waals surface area contributed by atoms with Crippen molar-refractivity contribution in [2.24, 2.45) is 0 Å². The zero-order chi connectivity index (χ0) is 9.97. The summed E-state index contributed by atoms with van der Waals surface area (Å²) in [7, 11) is 2.16. The molecule has 0 atom stereocenters. The van der Waals surface area contributed by atoms with Gasteiger partial charge in [0.1, 0.15) is 5.00 Å². The van der Waals surface area contributed by atoms with E-state index in [1.54, 1.807) is 0 Å². The number of aromatic nitrogens is 1. The molecule has 2 rings (SSSR count). The molecule has 0 bridgehead atoms. The standard InChI is InChI=1S/C9H16N4S/c1-12-2-4-13(5-3-12)6-8-9(10)14-7-11-8/h7H,2-6,10H2,1H3. The lowest BCUT2D eigenvalue weighted by Gasteiger charge is -2.31. The average Bonchev–Trinajstić information content (AvgIpc) is 2.56. The number of rotatable bonds is 2. The highest BCUT2D eigenvalue weighted by Gasteiger charge is 2.15. The van der Waals surface area contributed by atoms with Gasteiger partial charge in [-0.25, -0.2) is 4.98 Å². The van der Waals surface area contributed by atoms with E-state index >= 15 is 0 Å². The second-order valence-electron chi connectivity index (χ2n) is 3.74. The smallest absolute Gasteiger partial charge is 0.110 e. The molecule has 4 nitrogen and oxygen atoms in total. The van der Waals surface area contributed by atoms with Crippen molar-refractivity contribution in [2.75, 3.05) is 39.0 Å². The molecule has 0 unspecified atom stereocenters. The monoisotopic (exact) mass is 212 g/mol. The molecule has 1 saturated heterocycles. The van der Waals surface area contributed by atoms with E-state index < -0.39 is 0 Å². The fraction of sp³-hybridized carbons (Fsp3) is 0.667. The quantitative estimate of drug-likeness (QED) is 0.774. The molecular weight excluding hydrogens is 196 g/mol. The van der Waals surface area contributed by atoms with Crippen LogP contribution in [-0.4, -0.2) is 48.0 Å². The molecule has 0 aliphatic carbocycles. The predicted molar refractivity (Wildman–Crippen MR) is 59.3 cm³/mol. The molecule has 78 valence electrons.